The molecule has 0 saturated heterocycles. The lowest BCUT2D eigenvalue weighted by atomic mass is 10.1. The Morgan fingerprint density at radius 2 is 1.82 bits per heavy atom. The lowest BCUT2D eigenvalue weighted by molar-refractivity contribution is 0.0949. The average Bonchev–Trinajstić information content (AvgIpc) is 2.71. The van der Waals surface area contributed by atoms with E-state index in [-0.39, 0.29) is 5.91 Å². The van der Waals surface area contributed by atoms with Crippen molar-refractivity contribution in [2.24, 2.45) is 0 Å². The van der Waals surface area contributed by atoms with E-state index in [0.29, 0.717) is 12.2 Å². The molecule has 1 amide bonds. The molecule has 3 rings (SSSR count). The van der Waals surface area contributed by atoms with Gasteiger partial charge in [-0.3, -0.25) is 4.79 Å². The molecule has 0 saturated carbocycles. The van der Waals surface area contributed by atoms with Crippen LogP contribution >= 0.6 is 0 Å². The van der Waals surface area contributed by atoms with Gasteiger partial charge in [-0.05, 0) is 61.7 Å². The Bertz CT molecular complexity index is 935. The SMILES string of the molecule is COc1ccc(CCNC(=O)c2ccc(Nc3ccc(C)cc3C)cn2)cc1. The maximum atomic E-state index is 12.3. The molecule has 2 N–H and O–H groups in total. The third kappa shape index (κ3) is 5.10. The Balaban J connectivity index is 1.52. The molecule has 5 heteroatoms. The van der Waals surface area contributed by atoms with Gasteiger partial charge in [-0.2, -0.15) is 0 Å². The zero-order chi connectivity index (χ0) is 19.9. The predicted octanol–water partition coefficient (Wildman–Crippen LogP) is 4.42. The average molecular weight is 375 g/mol. The van der Waals surface area contributed by atoms with Gasteiger partial charge < -0.3 is 15.4 Å². The molecule has 28 heavy (non-hydrogen) atoms. The topological polar surface area (TPSA) is 63.2 Å². The number of aromatic nitrogens is 1. The summed E-state index contributed by atoms with van der Waals surface area (Å²) in [5, 5.41) is 6.24. The number of amides is 1. The second kappa shape index (κ2) is 9.04. The van der Waals surface area contributed by atoms with E-state index in [0.717, 1.165) is 29.1 Å². The van der Waals surface area contributed by atoms with Crippen molar-refractivity contribution in [2.45, 2.75) is 20.3 Å². The summed E-state index contributed by atoms with van der Waals surface area (Å²) in [4.78, 5) is 16.6. The van der Waals surface area contributed by atoms with Gasteiger partial charge in [0.1, 0.15) is 11.4 Å². The van der Waals surface area contributed by atoms with E-state index in [2.05, 4.69) is 41.6 Å². The maximum absolute atomic E-state index is 12.3. The Hall–Kier alpha value is -3.34. The maximum Gasteiger partial charge on any atom is 0.269 e. The minimum atomic E-state index is -0.174. The van der Waals surface area contributed by atoms with Crippen LogP contribution in [0, 0.1) is 13.8 Å². The summed E-state index contributed by atoms with van der Waals surface area (Å²) in [6.45, 7) is 4.68. The van der Waals surface area contributed by atoms with Gasteiger partial charge in [0.2, 0.25) is 0 Å². The molecule has 0 aliphatic carbocycles. The molecule has 0 bridgehead atoms. The highest BCUT2D eigenvalue weighted by Crippen LogP contribution is 2.21. The lowest BCUT2D eigenvalue weighted by Gasteiger charge is -2.10. The molecule has 0 radical (unpaired) electrons. The van der Waals surface area contributed by atoms with Crippen molar-refractivity contribution < 1.29 is 9.53 Å². The lowest BCUT2D eigenvalue weighted by Crippen LogP contribution is -2.26. The van der Waals surface area contributed by atoms with Crippen molar-refractivity contribution in [2.75, 3.05) is 19.0 Å². The highest BCUT2D eigenvalue weighted by atomic mass is 16.5. The number of carbonyl (C=O) groups is 1. The number of nitrogens with one attached hydrogen (secondary N) is 2. The summed E-state index contributed by atoms with van der Waals surface area (Å²) in [5.74, 6) is 0.651. The predicted molar refractivity (Wildman–Crippen MR) is 112 cm³/mol. The first-order valence-electron chi connectivity index (χ1n) is 9.26. The summed E-state index contributed by atoms with van der Waals surface area (Å²) >= 11 is 0. The third-order valence-corrected chi connectivity index (χ3v) is 4.52. The fourth-order valence-electron chi connectivity index (χ4n) is 2.91. The Morgan fingerprint density at radius 3 is 2.46 bits per heavy atom. The standard InChI is InChI=1S/C23H25N3O2/c1-16-4-10-21(17(2)14-16)26-19-7-11-22(25-15-19)23(27)24-13-12-18-5-8-20(28-3)9-6-18/h4-11,14-15,26H,12-13H2,1-3H3,(H,24,27). The van der Waals surface area contributed by atoms with Gasteiger partial charge in [-0.25, -0.2) is 4.98 Å². The number of pyridine rings is 1. The number of hydrogen-bond acceptors (Lipinski definition) is 4. The van der Waals surface area contributed by atoms with E-state index in [1.807, 2.05) is 36.4 Å². The first-order chi connectivity index (χ1) is 13.5. The minimum Gasteiger partial charge on any atom is -0.497 e. The van der Waals surface area contributed by atoms with Crippen LogP contribution in [-0.2, 0) is 6.42 Å². The monoisotopic (exact) mass is 375 g/mol. The van der Waals surface area contributed by atoms with E-state index in [9.17, 15) is 4.79 Å². The van der Waals surface area contributed by atoms with Crippen molar-refractivity contribution in [3.05, 3.63) is 83.2 Å². The zero-order valence-electron chi connectivity index (χ0n) is 16.5. The molecule has 1 aromatic heterocycles. The zero-order valence-corrected chi connectivity index (χ0v) is 16.5. The van der Waals surface area contributed by atoms with Crippen molar-refractivity contribution in [3.8, 4) is 5.75 Å². The first-order valence-corrected chi connectivity index (χ1v) is 9.26. The quantitative estimate of drug-likeness (QED) is 0.641. The van der Waals surface area contributed by atoms with E-state index < -0.39 is 0 Å². The number of ether oxygens (including phenoxy) is 1. The largest absolute Gasteiger partial charge is 0.497 e. The smallest absolute Gasteiger partial charge is 0.269 e. The number of rotatable bonds is 7. The van der Waals surface area contributed by atoms with Gasteiger partial charge in [0, 0.05) is 12.2 Å². The van der Waals surface area contributed by atoms with Gasteiger partial charge in [0.25, 0.3) is 5.91 Å². The molecule has 3 aromatic rings. The summed E-state index contributed by atoms with van der Waals surface area (Å²) in [5.41, 5.74) is 5.82. The van der Waals surface area contributed by atoms with Gasteiger partial charge in [0.05, 0.1) is 19.0 Å². The van der Waals surface area contributed by atoms with Crippen LogP contribution in [0.1, 0.15) is 27.2 Å². The Morgan fingerprint density at radius 1 is 1.04 bits per heavy atom. The molecule has 1 heterocycles. The van der Waals surface area contributed by atoms with Gasteiger partial charge in [-0.1, -0.05) is 29.8 Å². The summed E-state index contributed by atoms with van der Waals surface area (Å²) in [7, 11) is 1.64. The minimum absolute atomic E-state index is 0.174. The summed E-state index contributed by atoms with van der Waals surface area (Å²) < 4.78 is 5.15. The Kier molecular flexibility index (Phi) is 6.27. The number of hydrogen-bond donors (Lipinski definition) is 2. The van der Waals surface area contributed by atoms with E-state index in [4.69, 9.17) is 4.74 Å². The fraction of sp³-hybridized carbons (Fsp3) is 0.217. The molecule has 0 fully saturated rings. The van der Waals surface area contributed by atoms with Crippen molar-refractivity contribution >= 4 is 17.3 Å². The number of nitrogens with zero attached hydrogens (tertiary/aromatic N) is 1. The van der Waals surface area contributed by atoms with E-state index in [1.165, 1.54) is 11.1 Å². The van der Waals surface area contributed by atoms with Gasteiger partial charge >= 0.3 is 0 Å². The number of aryl methyl sites for hydroxylation is 2. The highest BCUT2D eigenvalue weighted by molar-refractivity contribution is 5.92. The summed E-state index contributed by atoms with van der Waals surface area (Å²) in [6.07, 6.45) is 2.43. The molecule has 0 aliphatic heterocycles. The van der Waals surface area contributed by atoms with Crippen LogP contribution in [0.5, 0.6) is 5.75 Å². The van der Waals surface area contributed by atoms with Crippen LogP contribution in [0.15, 0.2) is 60.8 Å². The molecule has 0 atom stereocenters. The molecule has 0 unspecified atom stereocenters. The van der Waals surface area contributed by atoms with Crippen LogP contribution in [0.25, 0.3) is 0 Å². The molecular formula is C23H25N3O2. The highest BCUT2D eigenvalue weighted by Gasteiger charge is 2.07. The van der Waals surface area contributed by atoms with Crippen LogP contribution in [-0.4, -0.2) is 24.5 Å². The molecule has 5 nitrogen and oxygen atoms in total. The summed E-state index contributed by atoms with van der Waals surface area (Å²) in [6, 6.07) is 17.7. The number of carbonyl (C=O) groups excluding carboxylic acids is 1. The fourth-order valence-corrected chi connectivity index (χ4v) is 2.91. The van der Waals surface area contributed by atoms with Gasteiger partial charge in [-0.15, -0.1) is 0 Å². The molecule has 2 aromatic carbocycles. The Labute approximate surface area is 165 Å². The second-order valence-electron chi connectivity index (χ2n) is 6.73. The number of methoxy groups -OCH3 is 1. The first kappa shape index (κ1) is 19.4. The van der Waals surface area contributed by atoms with Crippen molar-refractivity contribution in [1.29, 1.82) is 0 Å². The third-order valence-electron chi connectivity index (χ3n) is 4.52. The molecule has 0 aliphatic rings. The van der Waals surface area contributed by atoms with Crippen molar-refractivity contribution in [3.63, 3.8) is 0 Å². The van der Waals surface area contributed by atoms with Crippen LogP contribution in [0.4, 0.5) is 11.4 Å². The van der Waals surface area contributed by atoms with Crippen LogP contribution in [0.3, 0.4) is 0 Å². The molecular weight excluding hydrogens is 350 g/mol. The second-order valence-corrected chi connectivity index (χ2v) is 6.73. The normalized spacial score (nSPS) is 10.4. The number of benzene rings is 2. The van der Waals surface area contributed by atoms with E-state index >= 15 is 0 Å². The van der Waals surface area contributed by atoms with Crippen molar-refractivity contribution in [1.82, 2.24) is 10.3 Å². The van der Waals surface area contributed by atoms with Crippen LogP contribution < -0.4 is 15.4 Å². The van der Waals surface area contributed by atoms with Gasteiger partial charge in [0.15, 0.2) is 0 Å². The molecule has 0 spiro atoms. The number of anilines is 2. The van der Waals surface area contributed by atoms with E-state index in [1.54, 1.807) is 19.4 Å². The van der Waals surface area contributed by atoms with Crippen LogP contribution in [0.2, 0.25) is 0 Å². The molecule has 144 valence electrons.